The van der Waals surface area contributed by atoms with E-state index in [0.717, 1.165) is 6.54 Å². The second-order valence-electron chi connectivity index (χ2n) is 5.18. The summed E-state index contributed by atoms with van der Waals surface area (Å²) in [7, 11) is 0. The topological polar surface area (TPSA) is 8.81 Å². The standard InChI is InChI=1S/C16H29N2/c1-3-5-6-7-8-9-10-11-12-13-18-15-14-17(4-2)16-18/h2,14-16H,3-13H2,1H3/q+1. The summed E-state index contributed by atoms with van der Waals surface area (Å²) in [5.74, 6) is 0. The molecule has 1 aromatic heterocycles. The molecule has 0 atom stereocenters. The molecule has 0 amide bonds. The Morgan fingerprint density at radius 2 is 1.56 bits per heavy atom. The molecule has 1 heterocycles. The molecule has 0 saturated carbocycles. The molecule has 0 spiro atoms. The summed E-state index contributed by atoms with van der Waals surface area (Å²) in [6, 6.07) is 0. The van der Waals surface area contributed by atoms with Crippen LogP contribution in [0.25, 0.3) is 0 Å². The van der Waals surface area contributed by atoms with Crippen LogP contribution in [0.15, 0.2) is 18.7 Å². The van der Waals surface area contributed by atoms with Crippen LogP contribution in [-0.4, -0.2) is 4.57 Å². The van der Waals surface area contributed by atoms with Crippen LogP contribution in [0, 0.1) is 6.92 Å². The second kappa shape index (κ2) is 10.2. The summed E-state index contributed by atoms with van der Waals surface area (Å²) in [6.07, 6.45) is 18.7. The van der Waals surface area contributed by atoms with Crippen LogP contribution in [0.5, 0.6) is 0 Å². The van der Waals surface area contributed by atoms with E-state index < -0.39 is 0 Å². The summed E-state index contributed by atoms with van der Waals surface area (Å²) in [5.41, 5.74) is 0. The fraction of sp³-hybridized carbons (Fsp3) is 0.750. The Hall–Kier alpha value is -0.790. The average molecular weight is 249 g/mol. The Bertz CT molecular complexity index is 291. The molecule has 0 N–H and O–H groups in total. The number of hydrogen-bond donors (Lipinski definition) is 0. The number of hydrogen-bond acceptors (Lipinski definition) is 0. The molecule has 2 radical (unpaired) electrons. The van der Waals surface area contributed by atoms with E-state index >= 15 is 0 Å². The van der Waals surface area contributed by atoms with Crippen molar-refractivity contribution in [2.45, 2.75) is 77.8 Å². The molecule has 2 heteroatoms. The first-order valence-corrected chi connectivity index (χ1v) is 7.61. The molecular formula is C16H29N2+. The minimum atomic E-state index is 0.574. The van der Waals surface area contributed by atoms with E-state index in [9.17, 15) is 0 Å². The minimum absolute atomic E-state index is 0.574. The maximum Gasteiger partial charge on any atom is 0.243 e. The van der Waals surface area contributed by atoms with E-state index in [1.54, 1.807) is 0 Å². The van der Waals surface area contributed by atoms with Gasteiger partial charge in [0.1, 0.15) is 12.4 Å². The van der Waals surface area contributed by atoms with Gasteiger partial charge in [-0.15, -0.1) is 0 Å². The average Bonchev–Trinajstić information content (AvgIpc) is 2.85. The third-order valence-corrected chi connectivity index (χ3v) is 3.48. The fourth-order valence-electron chi connectivity index (χ4n) is 2.28. The minimum Gasteiger partial charge on any atom is -0.237 e. The van der Waals surface area contributed by atoms with Gasteiger partial charge in [-0.05, 0) is 12.8 Å². The van der Waals surface area contributed by atoms with Gasteiger partial charge in [0.15, 0.2) is 0 Å². The van der Waals surface area contributed by atoms with E-state index in [0.29, 0.717) is 6.54 Å². The summed E-state index contributed by atoms with van der Waals surface area (Å²) < 4.78 is 4.24. The van der Waals surface area contributed by atoms with E-state index in [-0.39, 0.29) is 0 Å². The molecule has 0 bridgehead atoms. The highest BCUT2D eigenvalue weighted by Crippen LogP contribution is 2.09. The highest BCUT2D eigenvalue weighted by atomic mass is 15.1. The van der Waals surface area contributed by atoms with Crippen molar-refractivity contribution < 1.29 is 4.57 Å². The second-order valence-corrected chi connectivity index (χ2v) is 5.18. The maximum atomic E-state index is 5.56. The maximum absolute atomic E-state index is 5.56. The molecule has 18 heavy (non-hydrogen) atoms. The lowest BCUT2D eigenvalue weighted by atomic mass is 10.1. The van der Waals surface area contributed by atoms with Gasteiger partial charge in [-0.2, -0.15) is 0 Å². The van der Waals surface area contributed by atoms with Crippen LogP contribution in [0.1, 0.15) is 64.7 Å². The van der Waals surface area contributed by atoms with Gasteiger partial charge in [-0.3, -0.25) is 0 Å². The first kappa shape index (κ1) is 15.3. The van der Waals surface area contributed by atoms with E-state index in [2.05, 4.69) is 24.0 Å². The number of imidazole rings is 1. The largest absolute Gasteiger partial charge is 0.243 e. The lowest BCUT2D eigenvalue weighted by Crippen LogP contribution is -2.30. The zero-order chi connectivity index (χ0) is 13.1. The molecule has 0 saturated heterocycles. The third kappa shape index (κ3) is 6.83. The summed E-state index contributed by atoms with van der Waals surface area (Å²) in [5, 5.41) is 0. The van der Waals surface area contributed by atoms with Crippen LogP contribution in [-0.2, 0) is 13.1 Å². The Balaban J connectivity index is 1.89. The highest BCUT2D eigenvalue weighted by Gasteiger charge is 2.00. The molecule has 0 unspecified atom stereocenters. The molecule has 1 rings (SSSR count). The fourth-order valence-corrected chi connectivity index (χ4v) is 2.28. The van der Waals surface area contributed by atoms with E-state index in [4.69, 9.17) is 6.92 Å². The smallest absolute Gasteiger partial charge is 0.237 e. The highest BCUT2D eigenvalue weighted by molar-refractivity contribution is 4.66. The zero-order valence-corrected chi connectivity index (χ0v) is 12.0. The lowest BCUT2D eigenvalue weighted by Gasteiger charge is -2.01. The van der Waals surface area contributed by atoms with Crippen molar-refractivity contribution in [3.05, 3.63) is 25.6 Å². The van der Waals surface area contributed by atoms with E-state index in [1.807, 2.05) is 10.8 Å². The van der Waals surface area contributed by atoms with Crippen molar-refractivity contribution in [3.8, 4) is 0 Å². The summed E-state index contributed by atoms with van der Waals surface area (Å²) >= 11 is 0. The van der Waals surface area contributed by atoms with Gasteiger partial charge in [-0.25, -0.2) is 9.13 Å². The van der Waals surface area contributed by atoms with Gasteiger partial charge in [-0.1, -0.05) is 51.9 Å². The normalized spacial score (nSPS) is 11.0. The number of rotatable bonds is 11. The van der Waals surface area contributed by atoms with Crippen LogP contribution < -0.4 is 4.57 Å². The Morgan fingerprint density at radius 3 is 2.11 bits per heavy atom. The summed E-state index contributed by atoms with van der Waals surface area (Å²) in [6.45, 7) is 9.53. The van der Waals surface area contributed by atoms with Gasteiger partial charge >= 0.3 is 0 Å². The van der Waals surface area contributed by atoms with Gasteiger partial charge in [0.05, 0.1) is 13.1 Å². The molecule has 0 aromatic carbocycles. The Kier molecular flexibility index (Phi) is 8.62. The van der Waals surface area contributed by atoms with Gasteiger partial charge in [0, 0.05) is 6.92 Å². The molecule has 1 aromatic rings. The number of nitrogens with zero attached hydrogens (tertiary/aromatic N) is 2. The SMILES string of the molecule is [CH]Cn1cc[n+](CCCCCCCCCCC)c1. The van der Waals surface area contributed by atoms with Gasteiger partial charge in [0.25, 0.3) is 0 Å². The van der Waals surface area contributed by atoms with Crippen molar-refractivity contribution in [3.63, 3.8) is 0 Å². The molecule has 0 aliphatic heterocycles. The molecule has 0 aliphatic rings. The predicted molar refractivity (Wildman–Crippen MR) is 76.2 cm³/mol. The van der Waals surface area contributed by atoms with Crippen molar-refractivity contribution in [1.82, 2.24) is 4.57 Å². The van der Waals surface area contributed by atoms with Crippen molar-refractivity contribution >= 4 is 0 Å². The lowest BCUT2D eigenvalue weighted by molar-refractivity contribution is -0.696. The van der Waals surface area contributed by atoms with Crippen LogP contribution in [0.4, 0.5) is 0 Å². The third-order valence-electron chi connectivity index (χ3n) is 3.48. The summed E-state index contributed by atoms with van der Waals surface area (Å²) in [4.78, 5) is 0. The number of unbranched alkanes of at least 4 members (excludes halogenated alkanes) is 8. The number of aryl methyl sites for hydroxylation is 1. The van der Waals surface area contributed by atoms with Crippen molar-refractivity contribution in [2.75, 3.05) is 0 Å². The first-order valence-electron chi connectivity index (χ1n) is 7.61. The monoisotopic (exact) mass is 249 g/mol. The Morgan fingerprint density at radius 1 is 0.944 bits per heavy atom. The van der Waals surface area contributed by atoms with Crippen LogP contribution in [0.2, 0.25) is 0 Å². The number of aromatic nitrogens is 2. The molecule has 102 valence electrons. The quantitative estimate of drug-likeness (QED) is 0.414. The van der Waals surface area contributed by atoms with Crippen molar-refractivity contribution in [1.29, 1.82) is 0 Å². The predicted octanol–water partition coefficient (Wildman–Crippen LogP) is 4.02. The first-order chi connectivity index (χ1) is 8.86. The molecule has 0 aliphatic carbocycles. The Labute approximate surface area is 113 Å². The molecule has 2 nitrogen and oxygen atoms in total. The van der Waals surface area contributed by atoms with E-state index in [1.165, 1.54) is 57.8 Å². The van der Waals surface area contributed by atoms with Crippen molar-refractivity contribution in [2.24, 2.45) is 0 Å². The van der Waals surface area contributed by atoms with Gasteiger partial charge < -0.3 is 0 Å². The van der Waals surface area contributed by atoms with Crippen LogP contribution in [0.3, 0.4) is 0 Å². The van der Waals surface area contributed by atoms with Gasteiger partial charge in [0.2, 0.25) is 6.33 Å². The zero-order valence-electron chi connectivity index (χ0n) is 12.0. The molecule has 0 fully saturated rings. The molecular weight excluding hydrogens is 220 g/mol. The van der Waals surface area contributed by atoms with Crippen LogP contribution >= 0.6 is 0 Å².